The van der Waals surface area contributed by atoms with Crippen LogP contribution in [0.5, 0.6) is 5.75 Å². The zero-order chi connectivity index (χ0) is 18.0. The molecule has 0 unspecified atom stereocenters. The van der Waals surface area contributed by atoms with Crippen LogP contribution in [0.3, 0.4) is 0 Å². The molecule has 0 aliphatic rings. The topological polar surface area (TPSA) is 80.6 Å². The molecule has 2 amide bonds. The molecule has 3 aromatic rings. The number of fused-ring (bicyclic) bond motifs is 1. The van der Waals surface area contributed by atoms with Crippen molar-refractivity contribution in [1.82, 2.24) is 10.9 Å². The number of methoxy groups -OCH3 is 1. The maximum atomic E-state index is 13.3. The number of hydrogen-bond donors (Lipinski definition) is 2. The molecule has 0 atom stereocenters. The van der Waals surface area contributed by atoms with Crippen LogP contribution in [0.15, 0.2) is 46.9 Å². The van der Waals surface area contributed by atoms with Crippen LogP contribution in [-0.2, 0) is 0 Å². The average Bonchev–Trinajstić information content (AvgIpc) is 2.96. The molecule has 7 heteroatoms. The highest BCUT2D eigenvalue weighted by molar-refractivity contribution is 6.02. The molecule has 0 aliphatic carbocycles. The van der Waals surface area contributed by atoms with Crippen molar-refractivity contribution >= 4 is 22.8 Å². The third kappa shape index (κ3) is 3.16. The van der Waals surface area contributed by atoms with E-state index in [-0.39, 0.29) is 17.1 Å². The standard InChI is InChI=1S/C18H15FN2O4/c1-10-12-5-3-4-6-15(12)25-16(10)18(23)21-20-17(22)13-9-11(19)7-8-14(13)24-2/h3-9H,1-2H3,(H,20,22)(H,21,23). The maximum Gasteiger partial charge on any atom is 0.305 e. The van der Waals surface area contributed by atoms with Crippen molar-refractivity contribution in [2.45, 2.75) is 6.92 Å². The zero-order valence-corrected chi connectivity index (χ0v) is 13.6. The van der Waals surface area contributed by atoms with Crippen LogP contribution >= 0.6 is 0 Å². The molecular formula is C18H15FN2O4. The van der Waals surface area contributed by atoms with E-state index in [1.807, 2.05) is 12.1 Å². The van der Waals surface area contributed by atoms with Gasteiger partial charge in [0.05, 0.1) is 12.7 Å². The van der Waals surface area contributed by atoms with Gasteiger partial charge in [-0.05, 0) is 31.2 Å². The summed E-state index contributed by atoms with van der Waals surface area (Å²) in [6.45, 7) is 1.75. The second-order valence-corrected chi connectivity index (χ2v) is 5.31. The number of hydrogen-bond acceptors (Lipinski definition) is 4. The number of halogens is 1. The highest BCUT2D eigenvalue weighted by atomic mass is 19.1. The summed E-state index contributed by atoms with van der Waals surface area (Å²) in [6.07, 6.45) is 0. The molecule has 25 heavy (non-hydrogen) atoms. The van der Waals surface area contributed by atoms with Gasteiger partial charge in [0, 0.05) is 10.9 Å². The second-order valence-electron chi connectivity index (χ2n) is 5.31. The fraction of sp³-hybridized carbons (Fsp3) is 0.111. The number of hydrazine groups is 1. The van der Waals surface area contributed by atoms with E-state index in [1.54, 1.807) is 19.1 Å². The Morgan fingerprint density at radius 1 is 1.08 bits per heavy atom. The van der Waals surface area contributed by atoms with Gasteiger partial charge < -0.3 is 9.15 Å². The van der Waals surface area contributed by atoms with Crippen molar-refractivity contribution in [2.24, 2.45) is 0 Å². The van der Waals surface area contributed by atoms with Gasteiger partial charge in [-0.15, -0.1) is 0 Å². The van der Waals surface area contributed by atoms with Crippen molar-refractivity contribution in [2.75, 3.05) is 7.11 Å². The SMILES string of the molecule is COc1ccc(F)cc1C(=O)NNC(=O)c1oc2ccccc2c1C. The Balaban J connectivity index is 1.77. The third-order valence-corrected chi connectivity index (χ3v) is 3.75. The van der Waals surface area contributed by atoms with E-state index in [2.05, 4.69) is 10.9 Å². The van der Waals surface area contributed by atoms with Crippen LogP contribution in [-0.4, -0.2) is 18.9 Å². The number of aryl methyl sites for hydroxylation is 1. The molecule has 0 fully saturated rings. The van der Waals surface area contributed by atoms with Crippen LogP contribution in [0.1, 0.15) is 26.5 Å². The van der Waals surface area contributed by atoms with Crippen LogP contribution in [0.4, 0.5) is 4.39 Å². The summed E-state index contributed by atoms with van der Waals surface area (Å²) < 4.78 is 23.9. The average molecular weight is 342 g/mol. The Morgan fingerprint density at radius 3 is 2.52 bits per heavy atom. The van der Waals surface area contributed by atoms with Crippen LogP contribution in [0.25, 0.3) is 11.0 Å². The highest BCUT2D eigenvalue weighted by Crippen LogP contribution is 2.24. The first kappa shape index (κ1) is 16.5. The lowest BCUT2D eigenvalue weighted by Gasteiger charge is -2.10. The fourth-order valence-corrected chi connectivity index (χ4v) is 2.49. The minimum Gasteiger partial charge on any atom is -0.496 e. The Morgan fingerprint density at radius 2 is 1.80 bits per heavy atom. The summed E-state index contributed by atoms with van der Waals surface area (Å²) in [7, 11) is 1.36. The van der Waals surface area contributed by atoms with E-state index in [0.29, 0.717) is 11.1 Å². The number of rotatable bonds is 3. The smallest absolute Gasteiger partial charge is 0.305 e. The number of amides is 2. The molecule has 3 rings (SSSR count). The molecule has 1 heterocycles. The molecule has 0 radical (unpaired) electrons. The summed E-state index contributed by atoms with van der Waals surface area (Å²) in [4.78, 5) is 24.4. The lowest BCUT2D eigenvalue weighted by atomic mass is 10.1. The minimum absolute atomic E-state index is 0.0378. The van der Waals surface area contributed by atoms with Crippen LogP contribution < -0.4 is 15.6 Å². The lowest BCUT2D eigenvalue weighted by Crippen LogP contribution is -2.41. The molecule has 6 nitrogen and oxygen atoms in total. The Kier molecular flexibility index (Phi) is 4.38. The van der Waals surface area contributed by atoms with Crippen molar-refractivity contribution in [3.05, 3.63) is 65.2 Å². The molecule has 0 saturated heterocycles. The van der Waals surface area contributed by atoms with Crippen LogP contribution in [0, 0.1) is 12.7 Å². The predicted molar refractivity (Wildman–Crippen MR) is 88.8 cm³/mol. The molecule has 0 saturated carbocycles. The number of ether oxygens (including phenoxy) is 1. The fourth-order valence-electron chi connectivity index (χ4n) is 2.49. The first-order chi connectivity index (χ1) is 12.0. The van der Waals surface area contributed by atoms with Crippen molar-refractivity contribution < 1.29 is 23.1 Å². The largest absolute Gasteiger partial charge is 0.496 e. The normalized spacial score (nSPS) is 10.5. The van der Waals surface area contributed by atoms with Gasteiger partial charge in [-0.3, -0.25) is 20.4 Å². The second kappa shape index (κ2) is 6.64. The van der Waals surface area contributed by atoms with Gasteiger partial charge >= 0.3 is 5.91 Å². The van der Waals surface area contributed by atoms with E-state index < -0.39 is 17.6 Å². The zero-order valence-electron chi connectivity index (χ0n) is 13.6. The van der Waals surface area contributed by atoms with Gasteiger partial charge in [0.1, 0.15) is 17.1 Å². The van der Waals surface area contributed by atoms with E-state index in [9.17, 15) is 14.0 Å². The van der Waals surface area contributed by atoms with Gasteiger partial charge in [0.25, 0.3) is 5.91 Å². The van der Waals surface area contributed by atoms with Crippen LogP contribution in [0.2, 0.25) is 0 Å². The van der Waals surface area contributed by atoms with Crippen molar-refractivity contribution in [3.8, 4) is 5.75 Å². The molecular weight excluding hydrogens is 327 g/mol. The maximum absolute atomic E-state index is 13.3. The summed E-state index contributed by atoms with van der Waals surface area (Å²) in [6, 6.07) is 10.7. The first-order valence-electron chi connectivity index (χ1n) is 7.43. The van der Waals surface area contributed by atoms with Crippen molar-refractivity contribution in [1.29, 1.82) is 0 Å². The van der Waals surface area contributed by atoms with Gasteiger partial charge in [-0.1, -0.05) is 18.2 Å². The number of para-hydroxylation sites is 1. The number of benzene rings is 2. The summed E-state index contributed by atoms with van der Waals surface area (Å²) in [5, 5.41) is 0.811. The molecule has 0 spiro atoms. The third-order valence-electron chi connectivity index (χ3n) is 3.75. The molecule has 128 valence electrons. The number of nitrogens with one attached hydrogen (secondary N) is 2. The molecule has 2 aromatic carbocycles. The Hall–Kier alpha value is -3.35. The highest BCUT2D eigenvalue weighted by Gasteiger charge is 2.19. The minimum atomic E-state index is -0.710. The quantitative estimate of drug-likeness (QED) is 0.717. The summed E-state index contributed by atoms with van der Waals surface area (Å²) in [5.41, 5.74) is 5.68. The van der Waals surface area contributed by atoms with Gasteiger partial charge in [0.15, 0.2) is 5.76 Å². The molecule has 0 aliphatic heterocycles. The monoisotopic (exact) mass is 342 g/mol. The van der Waals surface area contributed by atoms with Crippen molar-refractivity contribution in [3.63, 3.8) is 0 Å². The van der Waals surface area contributed by atoms with Gasteiger partial charge in [-0.2, -0.15) is 0 Å². The predicted octanol–water partition coefficient (Wildman–Crippen LogP) is 2.96. The van der Waals surface area contributed by atoms with E-state index in [1.165, 1.54) is 19.2 Å². The van der Waals surface area contributed by atoms with E-state index in [4.69, 9.17) is 9.15 Å². The summed E-state index contributed by atoms with van der Waals surface area (Å²) >= 11 is 0. The Bertz CT molecular complexity index is 965. The first-order valence-corrected chi connectivity index (χ1v) is 7.43. The van der Waals surface area contributed by atoms with E-state index in [0.717, 1.165) is 11.5 Å². The molecule has 2 N–H and O–H groups in total. The number of furan rings is 1. The molecule has 0 bridgehead atoms. The van der Waals surface area contributed by atoms with Gasteiger partial charge in [0.2, 0.25) is 0 Å². The Labute approximate surface area is 142 Å². The van der Waals surface area contributed by atoms with Gasteiger partial charge in [-0.25, -0.2) is 4.39 Å². The van der Waals surface area contributed by atoms with E-state index >= 15 is 0 Å². The number of carbonyl (C=O) groups is 2. The lowest BCUT2D eigenvalue weighted by molar-refractivity contribution is 0.0830. The number of carbonyl (C=O) groups excluding carboxylic acids is 2. The molecule has 1 aromatic heterocycles. The summed E-state index contributed by atoms with van der Waals surface area (Å²) in [5.74, 6) is -1.64.